The summed E-state index contributed by atoms with van der Waals surface area (Å²) in [5.74, 6) is -6.43. The van der Waals surface area contributed by atoms with Crippen LogP contribution in [0.3, 0.4) is 0 Å². The molecule has 1 atom stereocenters. The molecule has 9 heteroatoms. The number of fused-ring (bicyclic) bond motifs is 1. The predicted molar refractivity (Wildman–Crippen MR) is 76.7 cm³/mol. The lowest BCUT2D eigenvalue weighted by atomic mass is 9.98. The van der Waals surface area contributed by atoms with Crippen molar-refractivity contribution in [1.29, 1.82) is 0 Å². The number of carbonyl (C=O) groups is 1. The van der Waals surface area contributed by atoms with Crippen LogP contribution in [-0.4, -0.2) is 22.4 Å². The second-order valence-electron chi connectivity index (χ2n) is 5.50. The summed E-state index contributed by atoms with van der Waals surface area (Å²) < 4.78 is 67.6. The van der Waals surface area contributed by atoms with E-state index in [0.717, 1.165) is 24.4 Å². The topological polar surface area (TPSA) is 53.4 Å². The molecule has 0 aliphatic carbocycles. The fraction of sp³-hybridized carbons (Fsp3) is 0.250. The van der Waals surface area contributed by atoms with Crippen molar-refractivity contribution in [3.05, 3.63) is 59.2 Å². The molecule has 0 saturated carbocycles. The Bertz CT molecular complexity index is 828. The van der Waals surface area contributed by atoms with Gasteiger partial charge in [-0.1, -0.05) is 12.1 Å². The van der Waals surface area contributed by atoms with Gasteiger partial charge in [-0.05, 0) is 23.3 Å². The maximum Gasteiger partial charge on any atom is 0.352 e. The minimum absolute atomic E-state index is 0.150. The van der Waals surface area contributed by atoms with Gasteiger partial charge in [0.05, 0.1) is 24.0 Å². The van der Waals surface area contributed by atoms with Crippen LogP contribution in [-0.2, 0) is 17.3 Å². The molecule has 4 nitrogen and oxygen atoms in total. The predicted octanol–water partition coefficient (Wildman–Crippen LogP) is 3.16. The highest BCUT2D eigenvalue weighted by molar-refractivity contribution is 6.06. The molecule has 2 heterocycles. The van der Waals surface area contributed by atoms with Crippen molar-refractivity contribution in [3.8, 4) is 0 Å². The molecule has 0 bridgehead atoms. The smallest absolute Gasteiger partial charge is 0.352 e. The average Bonchev–Trinajstić information content (AvgIpc) is 2.75. The molecule has 1 aliphatic heterocycles. The highest BCUT2D eigenvalue weighted by Crippen LogP contribution is 2.48. The standard InChI is InChI=1S/C16H11F5N2O2/c17-9-4-8(5-22-6-9)7-23-11-3-1-2-10(13(24)14(18)19)12(11)16(20,21)15(23)25/h1-6,13-14,24H,7H2. The second-order valence-corrected chi connectivity index (χ2v) is 5.50. The number of nitrogens with zero attached hydrogens (tertiary/aromatic N) is 2. The van der Waals surface area contributed by atoms with Gasteiger partial charge in [0.15, 0.2) is 0 Å². The first-order valence-electron chi connectivity index (χ1n) is 7.12. The first kappa shape index (κ1) is 17.3. The van der Waals surface area contributed by atoms with Crippen LogP contribution in [0, 0.1) is 5.82 Å². The van der Waals surface area contributed by atoms with Gasteiger partial charge in [-0.15, -0.1) is 0 Å². The van der Waals surface area contributed by atoms with E-state index in [2.05, 4.69) is 4.98 Å². The molecule has 1 aromatic carbocycles. The number of alkyl halides is 4. The van der Waals surface area contributed by atoms with E-state index in [-0.39, 0.29) is 11.3 Å². The van der Waals surface area contributed by atoms with Gasteiger partial charge < -0.3 is 10.0 Å². The molecule has 0 fully saturated rings. The number of anilines is 1. The van der Waals surface area contributed by atoms with E-state index in [4.69, 9.17) is 0 Å². The molecule has 1 amide bonds. The molecule has 0 spiro atoms. The van der Waals surface area contributed by atoms with E-state index >= 15 is 0 Å². The largest absolute Gasteiger partial charge is 0.382 e. The Hall–Kier alpha value is -2.55. The summed E-state index contributed by atoms with van der Waals surface area (Å²) in [6, 6.07) is 4.28. The number of benzene rings is 1. The molecule has 0 radical (unpaired) electrons. The first-order chi connectivity index (χ1) is 11.7. The summed E-state index contributed by atoms with van der Waals surface area (Å²) in [4.78, 5) is 16.3. The normalized spacial score (nSPS) is 17.1. The quantitative estimate of drug-likeness (QED) is 0.855. The fourth-order valence-corrected chi connectivity index (χ4v) is 2.77. The van der Waals surface area contributed by atoms with Gasteiger partial charge in [0.25, 0.3) is 6.43 Å². The van der Waals surface area contributed by atoms with Crippen molar-refractivity contribution < 1.29 is 31.9 Å². The Balaban J connectivity index is 2.08. The fourth-order valence-electron chi connectivity index (χ4n) is 2.77. The monoisotopic (exact) mass is 358 g/mol. The summed E-state index contributed by atoms with van der Waals surface area (Å²) in [6.07, 6.45) is -3.64. The van der Waals surface area contributed by atoms with Crippen LogP contribution in [0.1, 0.15) is 22.8 Å². The average molecular weight is 358 g/mol. The van der Waals surface area contributed by atoms with Crippen molar-refractivity contribution >= 4 is 11.6 Å². The summed E-state index contributed by atoms with van der Waals surface area (Å²) >= 11 is 0. The van der Waals surface area contributed by atoms with Gasteiger partial charge >= 0.3 is 11.8 Å². The van der Waals surface area contributed by atoms with Crippen LogP contribution in [0.2, 0.25) is 0 Å². The van der Waals surface area contributed by atoms with E-state index in [1.54, 1.807) is 0 Å². The Kier molecular flexibility index (Phi) is 4.19. The zero-order valence-electron chi connectivity index (χ0n) is 12.5. The van der Waals surface area contributed by atoms with Crippen LogP contribution in [0.4, 0.5) is 27.6 Å². The Morgan fingerprint density at radius 2 is 1.96 bits per heavy atom. The third-order valence-corrected chi connectivity index (χ3v) is 3.85. The van der Waals surface area contributed by atoms with Gasteiger partial charge in [0, 0.05) is 6.20 Å². The number of carbonyl (C=O) groups excluding carboxylic acids is 1. The van der Waals surface area contributed by atoms with Crippen molar-refractivity contribution in [1.82, 2.24) is 4.98 Å². The molecule has 1 aromatic heterocycles. The third-order valence-electron chi connectivity index (χ3n) is 3.85. The van der Waals surface area contributed by atoms with Crippen LogP contribution in [0.15, 0.2) is 36.7 Å². The lowest BCUT2D eigenvalue weighted by Crippen LogP contribution is -2.34. The van der Waals surface area contributed by atoms with Crippen molar-refractivity contribution in [3.63, 3.8) is 0 Å². The summed E-state index contributed by atoms with van der Waals surface area (Å²) in [6.45, 7) is -0.416. The zero-order valence-corrected chi connectivity index (χ0v) is 12.5. The molecule has 1 unspecified atom stereocenters. The lowest BCUT2D eigenvalue weighted by molar-refractivity contribution is -0.142. The van der Waals surface area contributed by atoms with Gasteiger partial charge in [0.1, 0.15) is 11.9 Å². The number of hydrogen-bond donors (Lipinski definition) is 1. The van der Waals surface area contributed by atoms with E-state index in [1.807, 2.05) is 0 Å². The zero-order chi connectivity index (χ0) is 18.4. The van der Waals surface area contributed by atoms with Gasteiger partial charge in [-0.2, -0.15) is 8.78 Å². The third kappa shape index (κ3) is 2.84. The molecular weight excluding hydrogens is 347 g/mol. The van der Waals surface area contributed by atoms with E-state index in [1.165, 1.54) is 12.3 Å². The highest BCUT2D eigenvalue weighted by atomic mass is 19.3. The van der Waals surface area contributed by atoms with Crippen LogP contribution in [0.25, 0.3) is 0 Å². The van der Waals surface area contributed by atoms with Crippen LogP contribution >= 0.6 is 0 Å². The highest BCUT2D eigenvalue weighted by Gasteiger charge is 2.55. The Labute approximate surface area is 138 Å². The van der Waals surface area contributed by atoms with E-state index < -0.39 is 47.8 Å². The van der Waals surface area contributed by atoms with Gasteiger partial charge in [-0.25, -0.2) is 13.2 Å². The van der Waals surface area contributed by atoms with E-state index in [9.17, 15) is 31.9 Å². The molecule has 3 rings (SSSR count). The van der Waals surface area contributed by atoms with E-state index in [0.29, 0.717) is 4.90 Å². The number of aromatic nitrogens is 1. The Morgan fingerprint density at radius 3 is 2.60 bits per heavy atom. The molecule has 0 saturated heterocycles. The molecule has 25 heavy (non-hydrogen) atoms. The van der Waals surface area contributed by atoms with Crippen molar-refractivity contribution in [2.24, 2.45) is 0 Å². The minimum atomic E-state index is -4.08. The van der Waals surface area contributed by atoms with Crippen LogP contribution in [0.5, 0.6) is 0 Å². The van der Waals surface area contributed by atoms with Gasteiger partial charge in [0.2, 0.25) is 0 Å². The number of hydrogen-bond acceptors (Lipinski definition) is 3. The van der Waals surface area contributed by atoms with Crippen LogP contribution < -0.4 is 4.90 Å². The molecular formula is C16H11F5N2O2. The number of rotatable bonds is 4. The number of aliphatic hydroxyl groups is 1. The molecule has 1 aliphatic rings. The lowest BCUT2D eigenvalue weighted by Gasteiger charge is -2.18. The molecule has 1 N–H and O–H groups in total. The number of aliphatic hydroxyl groups excluding tert-OH is 1. The minimum Gasteiger partial charge on any atom is -0.382 e. The van der Waals surface area contributed by atoms with Crippen molar-refractivity contribution in [2.45, 2.75) is 25.0 Å². The molecule has 2 aromatic rings. The van der Waals surface area contributed by atoms with Crippen molar-refractivity contribution in [2.75, 3.05) is 4.90 Å². The Morgan fingerprint density at radius 1 is 1.24 bits per heavy atom. The SMILES string of the molecule is O=C1N(Cc2cncc(F)c2)c2cccc(C(O)C(F)F)c2C1(F)F. The molecule has 132 valence electrons. The number of halogens is 5. The maximum atomic E-state index is 14.4. The summed E-state index contributed by atoms with van der Waals surface area (Å²) in [5.41, 5.74) is -1.84. The van der Waals surface area contributed by atoms with Gasteiger partial charge in [-0.3, -0.25) is 9.78 Å². The second kappa shape index (κ2) is 6.07. The summed E-state index contributed by atoms with van der Waals surface area (Å²) in [5, 5.41) is 9.52. The maximum absolute atomic E-state index is 14.4. The first-order valence-corrected chi connectivity index (χ1v) is 7.12. The number of pyridine rings is 1. The summed E-state index contributed by atoms with van der Waals surface area (Å²) in [7, 11) is 0. The number of amides is 1.